The van der Waals surface area contributed by atoms with E-state index < -0.39 is 17.6 Å². The van der Waals surface area contributed by atoms with Gasteiger partial charge in [-0.15, -0.1) is 0 Å². The topological polar surface area (TPSA) is 32.3 Å². The SMILES string of the molecule is O=C(NC[C@H](c1ccsc1)N1CCCCCC1)c1cccc(C(F)(F)F)c1. The molecule has 1 aromatic carbocycles. The van der Waals surface area contributed by atoms with Gasteiger partial charge in [0.2, 0.25) is 0 Å². The number of thiophene rings is 1. The summed E-state index contributed by atoms with van der Waals surface area (Å²) in [6, 6.07) is 6.66. The molecular weight excluding hydrogens is 373 g/mol. The van der Waals surface area contributed by atoms with E-state index in [4.69, 9.17) is 0 Å². The minimum Gasteiger partial charge on any atom is -0.350 e. The third-order valence-corrected chi connectivity index (χ3v) is 5.62. The van der Waals surface area contributed by atoms with Crippen LogP contribution in [-0.2, 0) is 6.18 Å². The molecule has 1 saturated heterocycles. The fourth-order valence-electron chi connectivity index (χ4n) is 3.46. The van der Waals surface area contributed by atoms with Gasteiger partial charge in [0.15, 0.2) is 0 Å². The average Bonchev–Trinajstić information content (AvgIpc) is 3.04. The number of hydrogen-bond donors (Lipinski definition) is 1. The van der Waals surface area contributed by atoms with Gasteiger partial charge in [0.25, 0.3) is 5.91 Å². The Morgan fingerprint density at radius 2 is 1.89 bits per heavy atom. The second kappa shape index (κ2) is 8.89. The number of hydrogen-bond acceptors (Lipinski definition) is 3. The zero-order chi connectivity index (χ0) is 19.3. The number of amides is 1. The Balaban J connectivity index is 1.70. The Hall–Kier alpha value is -1.86. The van der Waals surface area contributed by atoms with E-state index in [1.807, 2.05) is 5.38 Å². The van der Waals surface area contributed by atoms with Gasteiger partial charge in [0, 0.05) is 12.1 Å². The van der Waals surface area contributed by atoms with Crippen LogP contribution in [0.25, 0.3) is 0 Å². The van der Waals surface area contributed by atoms with E-state index in [0.29, 0.717) is 6.54 Å². The van der Waals surface area contributed by atoms with Gasteiger partial charge in [0.05, 0.1) is 11.6 Å². The van der Waals surface area contributed by atoms with Gasteiger partial charge in [-0.05, 0) is 66.5 Å². The predicted molar refractivity (Wildman–Crippen MR) is 101 cm³/mol. The molecule has 27 heavy (non-hydrogen) atoms. The van der Waals surface area contributed by atoms with Crippen molar-refractivity contribution in [2.24, 2.45) is 0 Å². The van der Waals surface area contributed by atoms with Crippen LogP contribution in [0.15, 0.2) is 41.1 Å². The minimum atomic E-state index is -4.46. The van der Waals surface area contributed by atoms with Crippen molar-refractivity contribution in [3.63, 3.8) is 0 Å². The number of alkyl halides is 3. The van der Waals surface area contributed by atoms with Crippen LogP contribution in [0.4, 0.5) is 13.2 Å². The third-order valence-electron chi connectivity index (χ3n) is 4.92. The van der Waals surface area contributed by atoms with Crippen molar-refractivity contribution in [2.75, 3.05) is 19.6 Å². The van der Waals surface area contributed by atoms with Crippen molar-refractivity contribution in [2.45, 2.75) is 37.9 Å². The van der Waals surface area contributed by atoms with Crippen LogP contribution in [0.3, 0.4) is 0 Å². The van der Waals surface area contributed by atoms with E-state index in [1.165, 1.54) is 25.0 Å². The van der Waals surface area contributed by atoms with Crippen molar-refractivity contribution in [3.8, 4) is 0 Å². The Labute approximate surface area is 161 Å². The Morgan fingerprint density at radius 3 is 2.52 bits per heavy atom. The molecule has 0 bridgehead atoms. The van der Waals surface area contributed by atoms with Crippen molar-refractivity contribution in [1.29, 1.82) is 0 Å². The smallest absolute Gasteiger partial charge is 0.350 e. The number of nitrogens with one attached hydrogen (secondary N) is 1. The summed E-state index contributed by atoms with van der Waals surface area (Å²) in [6.45, 7) is 2.33. The first kappa shape index (κ1) is 19.9. The van der Waals surface area contributed by atoms with Gasteiger partial charge in [-0.25, -0.2) is 0 Å². The zero-order valence-corrected chi connectivity index (χ0v) is 15.8. The van der Waals surface area contributed by atoms with Gasteiger partial charge < -0.3 is 5.32 Å². The number of rotatable bonds is 5. The summed E-state index contributed by atoms with van der Waals surface area (Å²) in [7, 11) is 0. The molecule has 0 spiro atoms. The predicted octanol–water partition coefficient (Wildman–Crippen LogP) is 5.11. The van der Waals surface area contributed by atoms with Crippen LogP contribution in [0, 0.1) is 0 Å². The first-order chi connectivity index (χ1) is 12.9. The molecule has 1 N–H and O–H groups in total. The quantitative estimate of drug-likeness (QED) is 0.761. The normalized spacial score (nSPS) is 17.3. The first-order valence-electron chi connectivity index (χ1n) is 9.17. The van der Waals surface area contributed by atoms with Crippen molar-refractivity contribution >= 4 is 17.2 Å². The summed E-state index contributed by atoms with van der Waals surface area (Å²) in [5.74, 6) is -0.476. The molecule has 0 unspecified atom stereocenters. The molecule has 1 fully saturated rings. The molecule has 2 heterocycles. The van der Waals surface area contributed by atoms with E-state index >= 15 is 0 Å². The number of carbonyl (C=O) groups excluding carboxylic acids is 1. The maximum absolute atomic E-state index is 12.9. The number of carbonyl (C=O) groups is 1. The Bertz CT molecular complexity index is 738. The molecule has 3 nitrogen and oxygen atoms in total. The van der Waals surface area contributed by atoms with E-state index in [9.17, 15) is 18.0 Å². The largest absolute Gasteiger partial charge is 0.416 e. The fourth-order valence-corrected chi connectivity index (χ4v) is 4.16. The molecule has 1 atom stereocenters. The van der Waals surface area contributed by atoms with E-state index in [-0.39, 0.29) is 11.6 Å². The van der Waals surface area contributed by atoms with E-state index in [2.05, 4.69) is 21.7 Å². The van der Waals surface area contributed by atoms with Crippen LogP contribution in [0.1, 0.15) is 53.2 Å². The maximum Gasteiger partial charge on any atom is 0.416 e. The lowest BCUT2D eigenvalue weighted by Gasteiger charge is -2.30. The highest BCUT2D eigenvalue weighted by atomic mass is 32.1. The molecule has 146 valence electrons. The summed E-state index contributed by atoms with van der Waals surface area (Å²) in [5, 5.41) is 6.92. The van der Waals surface area contributed by atoms with Gasteiger partial charge >= 0.3 is 6.18 Å². The van der Waals surface area contributed by atoms with Crippen LogP contribution in [0.5, 0.6) is 0 Å². The average molecular weight is 396 g/mol. The fraction of sp³-hybridized carbons (Fsp3) is 0.450. The third kappa shape index (κ3) is 5.32. The monoisotopic (exact) mass is 396 g/mol. The van der Waals surface area contributed by atoms with Gasteiger partial charge in [0.1, 0.15) is 0 Å². The summed E-state index contributed by atoms with van der Waals surface area (Å²) < 4.78 is 38.6. The molecule has 1 aliphatic rings. The Morgan fingerprint density at radius 1 is 1.15 bits per heavy atom. The number of benzene rings is 1. The summed E-state index contributed by atoms with van der Waals surface area (Å²) in [4.78, 5) is 14.8. The van der Waals surface area contributed by atoms with Crippen molar-refractivity contribution in [1.82, 2.24) is 10.2 Å². The lowest BCUT2D eigenvalue weighted by atomic mass is 10.1. The molecular formula is C20H23F3N2OS. The lowest BCUT2D eigenvalue weighted by Crippen LogP contribution is -2.38. The highest BCUT2D eigenvalue weighted by Gasteiger charge is 2.31. The van der Waals surface area contributed by atoms with E-state index in [0.717, 1.165) is 43.6 Å². The van der Waals surface area contributed by atoms with Gasteiger partial charge in [-0.1, -0.05) is 18.9 Å². The Kier molecular flexibility index (Phi) is 6.55. The van der Waals surface area contributed by atoms with Crippen LogP contribution in [0.2, 0.25) is 0 Å². The van der Waals surface area contributed by atoms with Crippen molar-refractivity contribution < 1.29 is 18.0 Å². The molecule has 3 rings (SSSR count). The molecule has 1 amide bonds. The standard InChI is InChI=1S/C20H23F3N2OS/c21-20(22,23)17-7-5-6-15(12-17)19(26)24-13-18(16-8-11-27-14-16)25-9-3-1-2-4-10-25/h5-8,11-12,14,18H,1-4,9-10,13H2,(H,24,26)/t18-/m1/s1. The number of likely N-dealkylation sites (tertiary alicyclic amines) is 1. The number of nitrogens with zero attached hydrogens (tertiary/aromatic N) is 1. The van der Waals surface area contributed by atoms with Crippen LogP contribution >= 0.6 is 11.3 Å². The van der Waals surface area contributed by atoms with Gasteiger partial charge in [-0.3, -0.25) is 9.69 Å². The highest BCUT2D eigenvalue weighted by Crippen LogP contribution is 2.30. The molecule has 0 aliphatic carbocycles. The minimum absolute atomic E-state index is 0.0322. The molecule has 2 aromatic rings. The molecule has 1 aromatic heterocycles. The lowest BCUT2D eigenvalue weighted by molar-refractivity contribution is -0.137. The second-order valence-electron chi connectivity index (χ2n) is 6.81. The number of halogens is 3. The summed E-state index contributed by atoms with van der Waals surface area (Å²) >= 11 is 1.61. The van der Waals surface area contributed by atoms with E-state index in [1.54, 1.807) is 11.3 Å². The van der Waals surface area contributed by atoms with Crippen LogP contribution in [-0.4, -0.2) is 30.4 Å². The maximum atomic E-state index is 12.9. The van der Waals surface area contributed by atoms with Gasteiger partial charge in [-0.2, -0.15) is 24.5 Å². The first-order valence-corrected chi connectivity index (χ1v) is 10.1. The molecule has 1 aliphatic heterocycles. The molecule has 0 saturated carbocycles. The van der Waals surface area contributed by atoms with Crippen LogP contribution < -0.4 is 5.32 Å². The molecule has 7 heteroatoms. The van der Waals surface area contributed by atoms with Crippen molar-refractivity contribution in [3.05, 3.63) is 57.8 Å². The second-order valence-corrected chi connectivity index (χ2v) is 7.59. The molecule has 0 radical (unpaired) electrons. The summed E-state index contributed by atoms with van der Waals surface area (Å²) in [6.07, 6.45) is 0.221. The zero-order valence-electron chi connectivity index (χ0n) is 15.0. The highest BCUT2D eigenvalue weighted by molar-refractivity contribution is 7.07. The summed E-state index contributed by atoms with van der Waals surface area (Å²) in [5.41, 5.74) is 0.369.